The number of amides is 1. The van der Waals surface area contributed by atoms with Crippen molar-refractivity contribution in [1.29, 1.82) is 0 Å². The van der Waals surface area contributed by atoms with E-state index in [0.717, 1.165) is 11.3 Å². The average Bonchev–Trinajstić information content (AvgIpc) is 2.96. The van der Waals surface area contributed by atoms with Crippen LogP contribution in [0.25, 0.3) is 0 Å². The number of rotatable bonds is 8. The van der Waals surface area contributed by atoms with Gasteiger partial charge in [0, 0.05) is 17.8 Å². The van der Waals surface area contributed by atoms with Crippen molar-refractivity contribution in [3.63, 3.8) is 0 Å². The first-order valence-corrected chi connectivity index (χ1v) is 9.06. The van der Waals surface area contributed by atoms with Crippen LogP contribution < -0.4 is 10.1 Å². The molecule has 2 aromatic rings. The number of carbonyl (C=O) groups excluding carboxylic acids is 3. The lowest BCUT2D eigenvalue weighted by Crippen LogP contribution is -2.37. The Morgan fingerprint density at radius 1 is 1.14 bits per heavy atom. The molecule has 0 aliphatic rings. The zero-order chi connectivity index (χ0) is 20.8. The van der Waals surface area contributed by atoms with Crippen LogP contribution in [-0.2, 0) is 16.0 Å². The molecule has 1 amide bonds. The number of esters is 1. The van der Waals surface area contributed by atoms with Gasteiger partial charge in [0.05, 0.1) is 7.11 Å². The molecule has 1 atom stereocenters. The zero-order valence-corrected chi connectivity index (χ0v) is 16.8. The van der Waals surface area contributed by atoms with Crippen molar-refractivity contribution in [1.82, 2.24) is 10.3 Å². The lowest BCUT2D eigenvalue weighted by molar-refractivity contribution is -0.129. The predicted octanol–water partition coefficient (Wildman–Crippen LogP) is 2.75. The van der Waals surface area contributed by atoms with Gasteiger partial charge in [-0.3, -0.25) is 9.59 Å². The van der Waals surface area contributed by atoms with Gasteiger partial charge in [0.25, 0.3) is 5.91 Å². The van der Waals surface area contributed by atoms with Crippen LogP contribution in [0.1, 0.15) is 51.5 Å². The number of aryl methyl sites for hydroxylation is 1. The molecule has 7 nitrogen and oxygen atoms in total. The Labute approximate surface area is 164 Å². The molecular weight excluding hydrogens is 360 g/mol. The number of hydrogen-bond donors (Lipinski definition) is 2. The molecule has 1 aromatic heterocycles. The molecule has 2 rings (SSSR count). The molecule has 150 valence electrons. The minimum atomic E-state index is -0.952. The molecule has 0 bridgehead atoms. The van der Waals surface area contributed by atoms with E-state index in [9.17, 15) is 14.4 Å². The van der Waals surface area contributed by atoms with Gasteiger partial charge in [-0.2, -0.15) is 0 Å². The molecule has 2 N–H and O–H groups in total. The summed E-state index contributed by atoms with van der Waals surface area (Å²) in [6.07, 6.45) is -0.306. The number of ether oxygens (including phenoxy) is 2. The number of hydrogen-bond acceptors (Lipinski definition) is 5. The largest absolute Gasteiger partial charge is 0.497 e. The highest BCUT2D eigenvalue weighted by molar-refractivity contribution is 6.01. The maximum Gasteiger partial charge on any atom is 0.355 e. The summed E-state index contributed by atoms with van der Waals surface area (Å²) in [5.41, 5.74) is 2.86. The van der Waals surface area contributed by atoms with Crippen LogP contribution in [0.3, 0.4) is 0 Å². The molecule has 0 spiro atoms. The van der Waals surface area contributed by atoms with Gasteiger partial charge < -0.3 is 19.8 Å². The maximum atomic E-state index is 12.4. The van der Waals surface area contributed by atoms with Gasteiger partial charge in [0.15, 0.2) is 11.9 Å². The Kier molecular flexibility index (Phi) is 6.98. The van der Waals surface area contributed by atoms with E-state index in [1.165, 1.54) is 13.8 Å². The molecule has 0 radical (unpaired) electrons. The third-order valence-electron chi connectivity index (χ3n) is 4.52. The van der Waals surface area contributed by atoms with Crippen molar-refractivity contribution in [2.75, 3.05) is 13.7 Å². The molecule has 1 aromatic carbocycles. The van der Waals surface area contributed by atoms with E-state index >= 15 is 0 Å². The number of H-pyrrole nitrogens is 1. The minimum Gasteiger partial charge on any atom is -0.497 e. The van der Waals surface area contributed by atoms with Gasteiger partial charge in [-0.05, 0) is 57.4 Å². The fourth-order valence-corrected chi connectivity index (χ4v) is 3.02. The molecule has 0 aliphatic carbocycles. The molecular formula is C21H26N2O5. The summed E-state index contributed by atoms with van der Waals surface area (Å²) in [4.78, 5) is 39.1. The third-order valence-corrected chi connectivity index (χ3v) is 4.52. The van der Waals surface area contributed by atoms with Gasteiger partial charge in [-0.15, -0.1) is 0 Å². The molecule has 1 unspecified atom stereocenters. The van der Waals surface area contributed by atoms with E-state index in [4.69, 9.17) is 9.47 Å². The van der Waals surface area contributed by atoms with E-state index in [1.54, 1.807) is 21.0 Å². The van der Waals surface area contributed by atoms with E-state index in [1.807, 2.05) is 24.3 Å². The lowest BCUT2D eigenvalue weighted by atomic mass is 10.1. The number of carbonyl (C=O) groups is 3. The molecule has 28 heavy (non-hydrogen) atoms. The lowest BCUT2D eigenvalue weighted by Gasteiger charge is -2.13. The predicted molar refractivity (Wildman–Crippen MR) is 105 cm³/mol. The third kappa shape index (κ3) is 5.00. The van der Waals surface area contributed by atoms with Crippen LogP contribution in [0.2, 0.25) is 0 Å². The second kappa shape index (κ2) is 9.21. The number of ketones is 1. The van der Waals surface area contributed by atoms with Gasteiger partial charge in [0.2, 0.25) is 0 Å². The standard InChI is InChI=1S/C21H26N2O5/c1-12-18(14(3)24)13(2)23-19(12)21(26)28-15(4)20(25)22-11-10-16-6-8-17(27-5)9-7-16/h6-9,15,23H,10-11H2,1-5H3,(H,22,25). The minimum absolute atomic E-state index is 0.130. The molecule has 0 aliphatic heterocycles. The number of Topliss-reactive ketones (excluding diaryl/α,β-unsaturated/α-hetero) is 1. The van der Waals surface area contributed by atoms with E-state index in [0.29, 0.717) is 29.8 Å². The van der Waals surface area contributed by atoms with E-state index in [-0.39, 0.29) is 17.4 Å². The van der Waals surface area contributed by atoms with Crippen LogP contribution in [0.5, 0.6) is 5.75 Å². The second-order valence-electron chi connectivity index (χ2n) is 6.62. The average molecular weight is 386 g/mol. The number of benzene rings is 1. The van der Waals surface area contributed by atoms with E-state index in [2.05, 4.69) is 10.3 Å². The number of aromatic amines is 1. The van der Waals surface area contributed by atoms with Crippen LogP contribution in [0.4, 0.5) is 0 Å². The van der Waals surface area contributed by atoms with E-state index < -0.39 is 12.1 Å². The highest BCUT2D eigenvalue weighted by Crippen LogP contribution is 2.19. The van der Waals surface area contributed by atoms with Gasteiger partial charge >= 0.3 is 5.97 Å². The molecule has 0 saturated heterocycles. The quantitative estimate of drug-likeness (QED) is 0.537. The Hall–Kier alpha value is -3.09. The first-order chi connectivity index (χ1) is 13.2. The van der Waals surface area contributed by atoms with Crippen LogP contribution in [0.15, 0.2) is 24.3 Å². The summed E-state index contributed by atoms with van der Waals surface area (Å²) in [7, 11) is 1.61. The monoisotopic (exact) mass is 386 g/mol. The van der Waals surface area contributed by atoms with Crippen molar-refractivity contribution >= 4 is 17.7 Å². The highest BCUT2D eigenvalue weighted by Gasteiger charge is 2.24. The number of aromatic nitrogens is 1. The van der Waals surface area contributed by atoms with Crippen LogP contribution in [0, 0.1) is 13.8 Å². The first kappa shape index (κ1) is 21.2. The van der Waals surface area contributed by atoms with Gasteiger partial charge in [-0.1, -0.05) is 12.1 Å². The van der Waals surface area contributed by atoms with Gasteiger partial charge in [0.1, 0.15) is 11.4 Å². The smallest absolute Gasteiger partial charge is 0.355 e. The summed E-state index contributed by atoms with van der Waals surface area (Å²) < 4.78 is 10.4. The molecule has 1 heterocycles. The fraction of sp³-hybridized carbons (Fsp3) is 0.381. The number of nitrogens with one attached hydrogen (secondary N) is 2. The molecule has 0 saturated carbocycles. The second-order valence-corrected chi connectivity index (χ2v) is 6.62. The summed E-state index contributed by atoms with van der Waals surface area (Å²) in [6, 6.07) is 7.57. The Bertz CT molecular complexity index is 868. The van der Waals surface area contributed by atoms with Gasteiger partial charge in [-0.25, -0.2) is 4.79 Å². The summed E-state index contributed by atoms with van der Waals surface area (Å²) in [6.45, 7) is 6.77. The zero-order valence-electron chi connectivity index (χ0n) is 16.8. The summed E-state index contributed by atoms with van der Waals surface area (Å²) in [5, 5.41) is 2.75. The normalized spacial score (nSPS) is 11.6. The molecule has 0 fully saturated rings. The van der Waals surface area contributed by atoms with Crippen molar-refractivity contribution in [2.24, 2.45) is 0 Å². The van der Waals surface area contributed by atoms with Crippen molar-refractivity contribution in [3.05, 3.63) is 52.3 Å². The number of methoxy groups -OCH3 is 1. The topological polar surface area (TPSA) is 97.5 Å². The van der Waals surface area contributed by atoms with Crippen LogP contribution in [-0.4, -0.2) is 42.4 Å². The Balaban J connectivity index is 1.88. The Morgan fingerprint density at radius 2 is 1.79 bits per heavy atom. The Morgan fingerprint density at radius 3 is 2.32 bits per heavy atom. The van der Waals surface area contributed by atoms with Crippen molar-refractivity contribution in [2.45, 2.75) is 40.2 Å². The van der Waals surface area contributed by atoms with Crippen molar-refractivity contribution < 1.29 is 23.9 Å². The first-order valence-electron chi connectivity index (χ1n) is 9.06. The SMILES string of the molecule is COc1ccc(CCNC(=O)C(C)OC(=O)c2[nH]c(C)c(C(C)=O)c2C)cc1. The van der Waals surface area contributed by atoms with Crippen LogP contribution >= 0.6 is 0 Å². The highest BCUT2D eigenvalue weighted by atomic mass is 16.5. The maximum absolute atomic E-state index is 12.4. The summed E-state index contributed by atoms with van der Waals surface area (Å²) in [5.74, 6) is -0.397. The molecule has 7 heteroatoms. The fourth-order valence-electron chi connectivity index (χ4n) is 3.02. The summed E-state index contributed by atoms with van der Waals surface area (Å²) >= 11 is 0. The van der Waals surface area contributed by atoms with Crippen molar-refractivity contribution in [3.8, 4) is 5.75 Å².